The molecule has 0 heterocycles. The van der Waals surface area contributed by atoms with E-state index in [1.54, 1.807) is 50.6 Å². The maximum atomic E-state index is 12.5. The number of likely N-dealkylation sites (N-methyl/N-ethyl adjacent to an activating group) is 1. The van der Waals surface area contributed by atoms with Gasteiger partial charge in [-0.1, -0.05) is 17.7 Å². The molecule has 0 saturated carbocycles. The summed E-state index contributed by atoms with van der Waals surface area (Å²) >= 11 is 7.29. The zero-order valence-corrected chi connectivity index (χ0v) is 16.4. The Bertz CT molecular complexity index is 768. The molecule has 0 aliphatic carbocycles. The summed E-state index contributed by atoms with van der Waals surface area (Å²) in [5.74, 6) is 0.267. The normalized spacial score (nSPS) is 11.5. The van der Waals surface area contributed by atoms with Crippen LogP contribution >= 0.6 is 23.4 Å². The third-order valence-electron chi connectivity index (χ3n) is 3.58. The van der Waals surface area contributed by atoms with E-state index in [1.165, 1.54) is 16.7 Å². The summed E-state index contributed by atoms with van der Waals surface area (Å²) in [6.07, 6.45) is 0. The number of thioether (sulfide) groups is 1. The Morgan fingerprint density at radius 3 is 2.58 bits per heavy atom. The molecule has 0 bridgehead atoms. The van der Waals surface area contributed by atoms with Crippen LogP contribution in [0.3, 0.4) is 0 Å². The number of anilines is 1. The van der Waals surface area contributed by atoms with Gasteiger partial charge in [0.2, 0.25) is 11.8 Å². The van der Waals surface area contributed by atoms with Crippen LogP contribution in [0.15, 0.2) is 53.4 Å². The molecule has 138 valence electrons. The summed E-state index contributed by atoms with van der Waals surface area (Å²) in [5, 5.41) is 3.10. The highest BCUT2D eigenvalue weighted by atomic mass is 35.5. The summed E-state index contributed by atoms with van der Waals surface area (Å²) < 4.78 is 5.12. The third kappa shape index (κ3) is 5.97. The Hall–Kier alpha value is -2.18. The third-order valence-corrected chi connectivity index (χ3v) is 4.94. The molecule has 0 aliphatic heterocycles. The number of amides is 2. The average Bonchev–Trinajstić information content (AvgIpc) is 2.62. The predicted molar refractivity (Wildman–Crippen MR) is 106 cm³/mol. The standard InChI is InChI=1S/C19H21ClN2O3S/c1-13(26-17-9-7-14(20)8-10-17)19(24)22(2)12-18(23)21-15-5-4-6-16(11-15)25-3/h4-11,13H,12H2,1-3H3,(H,21,23)/t13-/m0/s1. The quantitative estimate of drug-likeness (QED) is 0.725. The van der Waals surface area contributed by atoms with Crippen LogP contribution in [0, 0.1) is 0 Å². The fourth-order valence-electron chi connectivity index (χ4n) is 2.27. The zero-order chi connectivity index (χ0) is 19.1. The van der Waals surface area contributed by atoms with Crippen molar-refractivity contribution in [3.8, 4) is 5.75 Å². The Labute approximate surface area is 162 Å². The highest BCUT2D eigenvalue weighted by Gasteiger charge is 2.20. The molecule has 2 aromatic carbocycles. The molecule has 2 aromatic rings. The smallest absolute Gasteiger partial charge is 0.243 e. The van der Waals surface area contributed by atoms with E-state index in [1.807, 2.05) is 19.1 Å². The number of carbonyl (C=O) groups excluding carboxylic acids is 2. The maximum Gasteiger partial charge on any atom is 0.243 e. The fraction of sp³-hybridized carbons (Fsp3) is 0.263. The number of methoxy groups -OCH3 is 1. The molecule has 7 heteroatoms. The summed E-state index contributed by atoms with van der Waals surface area (Å²) in [6, 6.07) is 14.4. The summed E-state index contributed by atoms with van der Waals surface area (Å²) in [6.45, 7) is 1.79. The zero-order valence-electron chi connectivity index (χ0n) is 14.9. The first-order valence-corrected chi connectivity index (χ1v) is 9.26. The van der Waals surface area contributed by atoms with Gasteiger partial charge in [0.05, 0.1) is 18.9 Å². The van der Waals surface area contributed by atoms with Gasteiger partial charge in [0, 0.05) is 28.7 Å². The van der Waals surface area contributed by atoms with Gasteiger partial charge in [-0.15, -0.1) is 11.8 Å². The molecule has 0 aromatic heterocycles. The molecule has 2 amide bonds. The van der Waals surface area contributed by atoms with E-state index in [0.717, 1.165) is 4.90 Å². The minimum Gasteiger partial charge on any atom is -0.497 e. The van der Waals surface area contributed by atoms with E-state index in [2.05, 4.69) is 5.32 Å². The van der Waals surface area contributed by atoms with Gasteiger partial charge < -0.3 is 15.0 Å². The highest BCUT2D eigenvalue weighted by Crippen LogP contribution is 2.25. The van der Waals surface area contributed by atoms with Crippen molar-refractivity contribution in [1.82, 2.24) is 4.90 Å². The van der Waals surface area contributed by atoms with E-state index < -0.39 is 0 Å². The highest BCUT2D eigenvalue weighted by molar-refractivity contribution is 8.00. The number of nitrogens with one attached hydrogen (secondary N) is 1. The minimum absolute atomic E-state index is 0.0262. The molecule has 1 N–H and O–H groups in total. The molecule has 0 fully saturated rings. The molecule has 0 spiro atoms. The summed E-state index contributed by atoms with van der Waals surface area (Å²) in [5.41, 5.74) is 0.624. The molecular weight excluding hydrogens is 372 g/mol. The molecule has 0 saturated heterocycles. The molecule has 0 aliphatic rings. The van der Waals surface area contributed by atoms with Gasteiger partial charge in [-0.3, -0.25) is 9.59 Å². The molecule has 0 radical (unpaired) electrons. The second-order valence-corrected chi connectivity index (χ2v) is 7.54. The lowest BCUT2D eigenvalue weighted by Crippen LogP contribution is -2.38. The van der Waals surface area contributed by atoms with Crippen molar-refractivity contribution in [3.05, 3.63) is 53.6 Å². The van der Waals surface area contributed by atoms with E-state index >= 15 is 0 Å². The largest absolute Gasteiger partial charge is 0.497 e. The average molecular weight is 393 g/mol. The van der Waals surface area contributed by atoms with Crippen LogP contribution < -0.4 is 10.1 Å². The number of rotatable bonds is 7. The Morgan fingerprint density at radius 1 is 1.23 bits per heavy atom. The van der Waals surface area contributed by atoms with Crippen LogP contribution in [0.2, 0.25) is 5.02 Å². The molecule has 2 rings (SSSR count). The van der Waals surface area contributed by atoms with Gasteiger partial charge in [0.1, 0.15) is 5.75 Å². The minimum atomic E-state index is -0.314. The van der Waals surface area contributed by atoms with Crippen molar-refractivity contribution in [2.75, 3.05) is 26.0 Å². The molecule has 0 unspecified atom stereocenters. The lowest BCUT2D eigenvalue weighted by atomic mass is 10.3. The molecular formula is C19H21ClN2O3S. The van der Waals surface area contributed by atoms with E-state index in [-0.39, 0.29) is 23.6 Å². The lowest BCUT2D eigenvalue weighted by Gasteiger charge is -2.20. The summed E-state index contributed by atoms with van der Waals surface area (Å²) in [7, 11) is 3.18. The number of nitrogens with zero attached hydrogens (tertiary/aromatic N) is 1. The number of hydrogen-bond acceptors (Lipinski definition) is 4. The van der Waals surface area contributed by atoms with Crippen LogP contribution in [0.4, 0.5) is 5.69 Å². The van der Waals surface area contributed by atoms with Crippen LogP contribution in [-0.2, 0) is 9.59 Å². The van der Waals surface area contributed by atoms with Crippen molar-refractivity contribution < 1.29 is 14.3 Å². The first kappa shape index (κ1) is 20.1. The summed E-state index contributed by atoms with van der Waals surface area (Å²) in [4.78, 5) is 27.0. The van der Waals surface area contributed by atoms with Crippen molar-refractivity contribution in [2.24, 2.45) is 0 Å². The SMILES string of the molecule is COc1cccc(NC(=O)CN(C)C(=O)[C@H](C)Sc2ccc(Cl)cc2)c1. The van der Waals surface area contributed by atoms with Crippen molar-refractivity contribution in [3.63, 3.8) is 0 Å². The monoisotopic (exact) mass is 392 g/mol. The molecule has 1 atom stereocenters. The maximum absolute atomic E-state index is 12.5. The van der Waals surface area contributed by atoms with Gasteiger partial charge in [0.25, 0.3) is 0 Å². The van der Waals surface area contributed by atoms with Crippen molar-refractivity contribution in [1.29, 1.82) is 0 Å². The Morgan fingerprint density at radius 2 is 1.92 bits per heavy atom. The number of halogens is 1. The van der Waals surface area contributed by atoms with Crippen molar-refractivity contribution in [2.45, 2.75) is 17.1 Å². The number of carbonyl (C=O) groups is 2. The fourth-order valence-corrected chi connectivity index (χ4v) is 3.38. The lowest BCUT2D eigenvalue weighted by molar-refractivity contribution is -0.132. The molecule has 5 nitrogen and oxygen atoms in total. The molecule has 26 heavy (non-hydrogen) atoms. The predicted octanol–water partition coefficient (Wildman–Crippen LogP) is 3.93. The first-order chi connectivity index (χ1) is 12.4. The van der Waals surface area contributed by atoms with E-state index in [9.17, 15) is 9.59 Å². The number of hydrogen-bond donors (Lipinski definition) is 1. The van der Waals surface area contributed by atoms with E-state index in [4.69, 9.17) is 16.3 Å². The van der Waals surface area contributed by atoms with Crippen LogP contribution in [0.1, 0.15) is 6.92 Å². The van der Waals surface area contributed by atoms with Crippen LogP contribution in [-0.4, -0.2) is 42.7 Å². The topological polar surface area (TPSA) is 58.6 Å². The number of benzene rings is 2. The second kappa shape index (κ2) is 9.50. The van der Waals surface area contributed by atoms with Gasteiger partial charge >= 0.3 is 0 Å². The Balaban J connectivity index is 1.88. The van der Waals surface area contributed by atoms with Gasteiger partial charge in [-0.2, -0.15) is 0 Å². The van der Waals surface area contributed by atoms with Gasteiger partial charge in [-0.25, -0.2) is 0 Å². The van der Waals surface area contributed by atoms with Crippen LogP contribution in [0.25, 0.3) is 0 Å². The Kier molecular flexibility index (Phi) is 7.36. The van der Waals surface area contributed by atoms with Crippen LogP contribution in [0.5, 0.6) is 5.75 Å². The number of ether oxygens (including phenoxy) is 1. The van der Waals surface area contributed by atoms with Gasteiger partial charge in [-0.05, 0) is 43.3 Å². The van der Waals surface area contributed by atoms with Gasteiger partial charge in [0.15, 0.2) is 0 Å². The second-order valence-electron chi connectivity index (χ2n) is 5.69. The van der Waals surface area contributed by atoms with E-state index in [0.29, 0.717) is 16.5 Å². The van der Waals surface area contributed by atoms with Crippen molar-refractivity contribution >= 4 is 40.9 Å². The first-order valence-electron chi connectivity index (χ1n) is 8.00.